The molecule has 7 heteroatoms. The van der Waals surface area contributed by atoms with E-state index in [1.165, 1.54) is 0 Å². The average molecular weight is 409 g/mol. The van der Waals surface area contributed by atoms with Gasteiger partial charge in [0, 0.05) is 31.7 Å². The van der Waals surface area contributed by atoms with Crippen molar-refractivity contribution < 1.29 is 14.3 Å². The number of hydrogen-bond donors (Lipinski definition) is 1. The number of amides is 1. The molecule has 0 spiro atoms. The lowest BCUT2D eigenvalue weighted by atomic mass is 10.1. The van der Waals surface area contributed by atoms with Crippen molar-refractivity contribution in [1.29, 1.82) is 5.26 Å². The predicted molar refractivity (Wildman–Crippen MR) is 115 cm³/mol. The van der Waals surface area contributed by atoms with Crippen molar-refractivity contribution in [3.05, 3.63) is 65.6 Å². The fourth-order valence-electron chi connectivity index (χ4n) is 2.94. The third-order valence-corrected chi connectivity index (χ3v) is 4.78. The lowest BCUT2D eigenvalue weighted by molar-refractivity contribution is -0.117. The maximum absolute atomic E-state index is 12.7. The predicted octanol–water partition coefficient (Wildman–Crippen LogP) is 3.25. The molecule has 0 aliphatic rings. The Balaban J connectivity index is 2.06. The molecular formula is C23H28N4O3. The number of rotatable bonds is 10. The first-order valence-corrected chi connectivity index (χ1v) is 9.80. The van der Waals surface area contributed by atoms with E-state index in [1.54, 1.807) is 38.9 Å². The van der Waals surface area contributed by atoms with Crippen LogP contribution in [0.25, 0.3) is 0 Å². The number of nitriles is 1. The highest BCUT2D eigenvalue weighted by Crippen LogP contribution is 2.29. The van der Waals surface area contributed by atoms with E-state index in [0.717, 1.165) is 17.5 Å². The number of carbonyl (C=O) groups excluding carboxylic acids is 1. The smallest absolute Gasteiger partial charge is 0.263 e. The SMILES string of the molecule is CCN(/C=C(/C#N)C(=O)NC(C)c1ccc(OC)c(OC)c1)CCc1ccncc1. The van der Waals surface area contributed by atoms with Gasteiger partial charge in [0.2, 0.25) is 0 Å². The molecule has 0 bridgehead atoms. The van der Waals surface area contributed by atoms with Gasteiger partial charge in [0.05, 0.1) is 20.3 Å². The summed E-state index contributed by atoms with van der Waals surface area (Å²) in [4.78, 5) is 18.6. The maximum Gasteiger partial charge on any atom is 0.263 e. The second-order valence-electron chi connectivity index (χ2n) is 6.70. The van der Waals surface area contributed by atoms with Crippen molar-refractivity contribution in [2.75, 3.05) is 27.3 Å². The van der Waals surface area contributed by atoms with E-state index in [9.17, 15) is 10.1 Å². The number of nitrogens with one attached hydrogen (secondary N) is 1. The highest BCUT2D eigenvalue weighted by Gasteiger charge is 2.16. The van der Waals surface area contributed by atoms with Crippen LogP contribution in [0.15, 0.2) is 54.5 Å². The van der Waals surface area contributed by atoms with Crippen molar-refractivity contribution >= 4 is 5.91 Å². The molecule has 1 atom stereocenters. The second kappa shape index (κ2) is 11.5. The first-order chi connectivity index (χ1) is 14.5. The van der Waals surface area contributed by atoms with Gasteiger partial charge in [-0.25, -0.2) is 0 Å². The molecule has 0 saturated carbocycles. The lowest BCUT2D eigenvalue weighted by Gasteiger charge is -2.20. The Morgan fingerprint density at radius 2 is 1.93 bits per heavy atom. The molecule has 158 valence electrons. The van der Waals surface area contributed by atoms with Crippen molar-refractivity contribution in [2.24, 2.45) is 0 Å². The van der Waals surface area contributed by atoms with Gasteiger partial charge < -0.3 is 19.7 Å². The van der Waals surface area contributed by atoms with Crippen LogP contribution in [0.3, 0.4) is 0 Å². The summed E-state index contributed by atoms with van der Waals surface area (Å²) in [5.41, 5.74) is 2.07. The highest BCUT2D eigenvalue weighted by molar-refractivity contribution is 5.97. The molecule has 1 N–H and O–H groups in total. The first-order valence-electron chi connectivity index (χ1n) is 9.80. The number of nitrogens with zero attached hydrogens (tertiary/aromatic N) is 3. The fourth-order valence-corrected chi connectivity index (χ4v) is 2.94. The zero-order chi connectivity index (χ0) is 21.9. The summed E-state index contributed by atoms with van der Waals surface area (Å²) in [6, 6.07) is 11.1. The Morgan fingerprint density at radius 3 is 2.53 bits per heavy atom. The Kier molecular flexibility index (Phi) is 8.70. The number of methoxy groups -OCH3 is 2. The average Bonchev–Trinajstić information content (AvgIpc) is 2.79. The van der Waals surface area contributed by atoms with Gasteiger partial charge in [0.15, 0.2) is 11.5 Å². The molecule has 1 unspecified atom stereocenters. The molecule has 2 aromatic rings. The topological polar surface area (TPSA) is 87.5 Å². The Hall–Kier alpha value is -3.53. The van der Waals surface area contributed by atoms with Crippen LogP contribution in [0.4, 0.5) is 0 Å². The van der Waals surface area contributed by atoms with E-state index in [-0.39, 0.29) is 11.6 Å². The summed E-state index contributed by atoms with van der Waals surface area (Å²) in [6.07, 6.45) is 5.93. The minimum atomic E-state index is -0.415. The summed E-state index contributed by atoms with van der Waals surface area (Å²) in [6.45, 7) is 5.23. The molecule has 0 radical (unpaired) electrons. The second-order valence-corrected chi connectivity index (χ2v) is 6.70. The van der Waals surface area contributed by atoms with Crippen LogP contribution < -0.4 is 14.8 Å². The molecule has 0 aliphatic heterocycles. The third-order valence-electron chi connectivity index (χ3n) is 4.78. The van der Waals surface area contributed by atoms with Gasteiger partial charge in [-0.2, -0.15) is 5.26 Å². The van der Waals surface area contributed by atoms with Crippen LogP contribution in [-0.4, -0.2) is 43.1 Å². The number of ether oxygens (including phenoxy) is 2. The van der Waals surface area contributed by atoms with Gasteiger partial charge in [-0.1, -0.05) is 6.07 Å². The van der Waals surface area contributed by atoms with Gasteiger partial charge in [0.1, 0.15) is 11.6 Å². The molecule has 0 fully saturated rings. The monoisotopic (exact) mass is 408 g/mol. The number of benzene rings is 1. The molecule has 0 aliphatic carbocycles. The van der Waals surface area contributed by atoms with Gasteiger partial charge in [-0.15, -0.1) is 0 Å². The van der Waals surface area contributed by atoms with Crippen LogP contribution in [0.5, 0.6) is 11.5 Å². The van der Waals surface area contributed by atoms with Gasteiger partial charge in [-0.05, 0) is 55.7 Å². The molecule has 1 heterocycles. The molecule has 1 aromatic heterocycles. The van der Waals surface area contributed by atoms with Gasteiger partial charge >= 0.3 is 0 Å². The first kappa shape index (κ1) is 22.8. The number of aromatic nitrogens is 1. The molecule has 2 rings (SSSR count). The third kappa shape index (κ3) is 6.24. The standard InChI is InChI=1S/C23H28N4O3/c1-5-27(13-10-18-8-11-25-12-9-18)16-20(15-24)23(28)26-17(2)19-6-7-21(29-3)22(14-19)30-4/h6-9,11-12,14,16-17H,5,10,13H2,1-4H3,(H,26,28)/b20-16-. The molecule has 0 saturated heterocycles. The van der Waals surface area contributed by atoms with E-state index < -0.39 is 5.91 Å². The quantitative estimate of drug-likeness (QED) is 0.480. The van der Waals surface area contributed by atoms with Gasteiger partial charge in [0.25, 0.3) is 5.91 Å². The summed E-state index contributed by atoms with van der Waals surface area (Å²) >= 11 is 0. The zero-order valence-corrected chi connectivity index (χ0v) is 17.9. The number of pyridine rings is 1. The minimum absolute atomic E-state index is 0.0684. The van der Waals surface area contributed by atoms with E-state index in [0.29, 0.717) is 24.6 Å². The van der Waals surface area contributed by atoms with Crippen LogP contribution in [0, 0.1) is 11.3 Å². The van der Waals surface area contributed by atoms with Crippen LogP contribution in [0.2, 0.25) is 0 Å². The van der Waals surface area contributed by atoms with Crippen molar-refractivity contribution in [3.63, 3.8) is 0 Å². The molecule has 1 amide bonds. The van der Waals surface area contributed by atoms with Crippen LogP contribution in [0.1, 0.15) is 31.0 Å². The largest absolute Gasteiger partial charge is 0.493 e. The minimum Gasteiger partial charge on any atom is -0.493 e. The van der Waals surface area contributed by atoms with Crippen molar-refractivity contribution in [1.82, 2.24) is 15.2 Å². The maximum atomic E-state index is 12.7. The van der Waals surface area contributed by atoms with Crippen molar-refractivity contribution in [3.8, 4) is 17.6 Å². The summed E-state index contributed by atoms with van der Waals surface area (Å²) in [7, 11) is 3.13. The molecular weight excluding hydrogens is 380 g/mol. The van der Waals surface area contributed by atoms with E-state index in [2.05, 4.69) is 10.3 Å². The number of carbonyl (C=O) groups is 1. The highest BCUT2D eigenvalue weighted by atomic mass is 16.5. The molecule has 7 nitrogen and oxygen atoms in total. The zero-order valence-electron chi connectivity index (χ0n) is 17.9. The van der Waals surface area contributed by atoms with Gasteiger partial charge in [-0.3, -0.25) is 9.78 Å². The Labute approximate surface area is 177 Å². The van der Waals surface area contributed by atoms with Crippen LogP contribution >= 0.6 is 0 Å². The van der Waals surface area contributed by atoms with E-state index >= 15 is 0 Å². The van der Waals surface area contributed by atoms with Crippen molar-refractivity contribution in [2.45, 2.75) is 26.3 Å². The molecule has 1 aromatic carbocycles. The number of hydrogen-bond acceptors (Lipinski definition) is 6. The van der Waals surface area contributed by atoms with E-state index in [1.807, 2.05) is 49.1 Å². The Bertz CT molecular complexity index is 906. The normalized spacial score (nSPS) is 11.9. The lowest BCUT2D eigenvalue weighted by Crippen LogP contribution is -2.29. The van der Waals surface area contributed by atoms with Crippen LogP contribution in [-0.2, 0) is 11.2 Å². The molecule has 30 heavy (non-hydrogen) atoms. The van der Waals surface area contributed by atoms with E-state index in [4.69, 9.17) is 9.47 Å². The summed E-state index contributed by atoms with van der Waals surface area (Å²) < 4.78 is 10.6. The number of likely N-dealkylation sites (N-methyl/N-ethyl adjacent to an activating group) is 1. The summed E-state index contributed by atoms with van der Waals surface area (Å²) in [5.74, 6) is 0.785. The summed E-state index contributed by atoms with van der Waals surface area (Å²) in [5, 5.41) is 12.4. The fraction of sp³-hybridized carbons (Fsp3) is 0.348. The Morgan fingerprint density at radius 1 is 1.23 bits per heavy atom.